The van der Waals surface area contributed by atoms with Gasteiger partial charge in [-0.1, -0.05) is 71.8 Å². The van der Waals surface area contributed by atoms with Crippen LogP contribution in [0.1, 0.15) is 61.0 Å². The van der Waals surface area contributed by atoms with Crippen molar-refractivity contribution in [2.24, 2.45) is 0 Å². The molecule has 0 saturated heterocycles. The Kier molecular flexibility index (Phi) is 11.4. The summed E-state index contributed by atoms with van der Waals surface area (Å²) in [6.45, 7) is 12.5. The monoisotopic (exact) mass is 586 g/mol. The van der Waals surface area contributed by atoms with Crippen LogP contribution in [0.25, 0.3) is 0 Å². The number of allylic oxidation sites excluding steroid dienone is 9. The predicted octanol–water partition coefficient (Wildman–Crippen LogP) is 10.9. The smallest absolute Gasteiger partial charge is 0.206 e. The van der Waals surface area contributed by atoms with E-state index >= 15 is 0 Å². The molecule has 0 saturated carbocycles. The molecule has 4 heteroatoms. The lowest BCUT2D eigenvalue weighted by Crippen LogP contribution is -2.16. The van der Waals surface area contributed by atoms with Crippen LogP contribution in [0.15, 0.2) is 137 Å². The van der Waals surface area contributed by atoms with Crippen LogP contribution in [0.3, 0.4) is 0 Å². The Hall–Kier alpha value is -4.15. The van der Waals surface area contributed by atoms with Gasteiger partial charge in [0.05, 0.1) is 5.71 Å². The van der Waals surface area contributed by atoms with Crippen LogP contribution in [-0.2, 0) is 0 Å². The zero-order chi connectivity index (χ0) is 30.8. The quantitative estimate of drug-likeness (QED) is 0.0937. The second kappa shape index (κ2) is 15.4. The third-order valence-electron chi connectivity index (χ3n) is 7.70. The second-order valence-corrected chi connectivity index (χ2v) is 12.3. The second-order valence-electron chi connectivity index (χ2n) is 11.1. The third-order valence-corrected chi connectivity index (χ3v) is 8.71. The number of carbonyl (C=O) groups excluding carboxylic acids is 1. The Bertz CT molecular complexity index is 1570. The number of carbonyl (C=O) groups is 1. The first kappa shape index (κ1) is 31.8. The van der Waals surface area contributed by atoms with E-state index in [9.17, 15) is 4.79 Å². The Morgan fingerprint density at radius 2 is 1.51 bits per heavy atom. The molecular formula is C39H42N2OS. The van der Waals surface area contributed by atoms with E-state index in [0.29, 0.717) is 17.7 Å². The van der Waals surface area contributed by atoms with E-state index in [0.717, 1.165) is 41.2 Å². The first-order valence-electron chi connectivity index (χ1n) is 14.9. The molecule has 0 heterocycles. The van der Waals surface area contributed by atoms with Crippen LogP contribution >= 0.6 is 11.8 Å². The minimum Gasteiger partial charge on any atom is -0.315 e. The Labute approximate surface area is 261 Å². The molecule has 0 spiro atoms. The molecule has 0 fully saturated rings. The van der Waals surface area contributed by atoms with Gasteiger partial charge in [-0.15, -0.1) is 11.8 Å². The molecule has 3 aromatic carbocycles. The summed E-state index contributed by atoms with van der Waals surface area (Å²) in [7, 11) is 0. The fourth-order valence-corrected chi connectivity index (χ4v) is 5.83. The first-order chi connectivity index (χ1) is 20.7. The number of hydrogen-bond acceptors (Lipinski definition) is 4. The van der Waals surface area contributed by atoms with Crippen molar-refractivity contribution in [3.8, 4) is 0 Å². The lowest BCUT2D eigenvalue weighted by Gasteiger charge is -2.26. The van der Waals surface area contributed by atoms with Crippen molar-refractivity contribution >= 4 is 34.6 Å². The largest absolute Gasteiger partial charge is 0.315 e. The number of thioether (sulfide) groups is 1. The summed E-state index contributed by atoms with van der Waals surface area (Å²) in [5.41, 5.74) is 10.1. The number of nitrogens with zero attached hydrogens (tertiary/aromatic N) is 1. The zero-order valence-corrected chi connectivity index (χ0v) is 26.6. The van der Waals surface area contributed by atoms with Gasteiger partial charge in [0.15, 0.2) is 0 Å². The molecule has 1 aliphatic carbocycles. The van der Waals surface area contributed by atoms with Gasteiger partial charge < -0.3 is 10.3 Å². The average molecular weight is 587 g/mol. The Balaban J connectivity index is 1.51. The van der Waals surface area contributed by atoms with Crippen molar-refractivity contribution in [3.63, 3.8) is 0 Å². The van der Waals surface area contributed by atoms with E-state index in [2.05, 4.69) is 112 Å². The molecule has 1 aliphatic rings. The summed E-state index contributed by atoms with van der Waals surface area (Å²) < 4.78 is 0. The van der Waals surface area contributed by atoms with Crippen LogP contribution in [0.2, 0.25) is 0 Å². The highest BCUT2D eigenvalue weighted by molar-refractivity contribution is 7.99. The first-order valence-corrected chi connectivity index (χ1v) is 15.9. The standard InChI is InChI=1S/C39H42N2OS/c1-6-32(27-34-10-8-7-9-30(34)4)16-15-31(5)41(35-19-11-28(2)12-20-35)36-21-17-33(18-22-36)39(42)38(40)25-26-43-37-23-13-29(3)14-24-37/h6,8,10-24,40H,1,7,9,25-27H2,2-5H3/b31-15+,32-16+,40-38?. The maximum Gasteiger partial charge on any atom is 0.206 e. The molecule has 0 aromatic heterocycles. The SMILES string of the molecule is C=C/C(=C\C=C(/C)N(c1ccc(C)cc1)c1ccc(C(=O)C(=N)CCSc2ccc(C)cc2)cc1)CC1=C(C)CCC=C1. The minimum atomic E-state index is -0.217. The highest BCUT2D eigenvalue weighted by Crippen LogP contribution is 2.31. The number of benzene rings is 3. The summed E-state index contributed by atoms with van der Waals surface area (Å²) in [6.07, 6.45) is 14.3. The number of Topliss-reactive ketones (excluding diaryl/α,β-unsaturated/α-hetero) is 1. The zero-order valence-electron chi connectivity index (χ0n) is 25.8. The third kappa shape index (κ3) is 8.92. The highest BCUT2D eigenvalue weighted by atomic mass is 32.2. The molecule has 0 aliphatic heterocycles. The predicted molar refractivity (Wildman–Crippen MR) is 186 cm³/mol. The topological polar surface area (TPSA) is 44.2 Å². The van der Waals surface area contributed by atoms with Crippen molar-refractivity contribution < 1.29 is 4.79 Å². The summed E-state index contributed by atoms with van der Waals surface area (Å²) in [6, 6.07) is 24.4. The van der Waals surface area contributed by atoms with Crippen LogP contribution in [0.5, 0.6) is 0 Å². The number of nitrogens with one attached hydrogen (secondary N) is 1. The van der Waals surface area contributed by atoms with Gasteiger partial charge in [-0.05, 0) is 113 Å². The molecule has 43 heavy (non-hydrogen) atoms. The van der Waals surface area contributed by atoms with Crippen molar-refractivity contribution in [1.82, 2.24) is 0 Å². The van der Waals surface area contributed by atoms with Crippen LogP contribution in [0, 0.1) is 19.3 Å². The lowest BCUT2D eigenvalue weighted by atomic mass is 9.93. The molecule has 1 N–H and O–H groups in total. The number of anilines is 2. The highest BCUT2D eigenvalue weighted by Gasteiger charge is 2.16. The fraction of sp³-hybridized carbons (Fsp3) is 0.231. The fourth-order valence-electron chi connectivity index (χ4n) is 4.96. The molecule has 3 nitrogen and oxygen atoms in total. The van der Waals surface area contributed by atoms with Crippen molar-refractivity contribution in [2.75, 3.05) is 10.7 Å². The van der Waals surface area contributed by atoms with Gasteiger partial charge in [0, 0.05) is 39.7 Å². The average Bonchev–Trinajstić information content (AvgIpc) is 3.02. The molecule has 0 radical (unpaired) electrons. The molecule has 4 rings (SSSR count). The number of rotatable bonds is 13. The lowest BCUT2D eigenvalue weighted by molar-refractivity contribution is 0.106. The van der Waals surface area contributed by atoms with Gasteiger partial charge >= 0.3 is 0 Å². The van der Waals surface area contributed by atoms with E-state index in [1.54, 1.807) is 11.8 Å². The van der Waals surface area contributed by atoms with Gasteiger partial charge in [0.2, 0.25) is 5.78 Å². The van der Waals surface area contributed by atoms with Crippen molar-refractivity contribution in [2.45, 2.75) is 58.3 Å². The van der Waals surface area contributed by atoms with Gasteiger partial charge in [-0.25, -0.2) is 0 Å². The van der Waals surface area contributed by atoms with Gasteiger partial charge in [-0.3, -0.25) is 4.79 Å². The Morgan fingerprint density at radius 1 is 0.907 bits per heavy atom. The molecule has 220 valence electrons. The van der Waals surface area contributed by atoms with Crippen LogP contribution < -0.4 is 4.90 Å². The molecular weight excluding hydrogens is 545 g/mol. The van der Waals surface area contributed by atoms with E-state index in [1.807, 2.05) is 30.3 Å². The molecule has 0 unspecified atom stereocenters. The van der Waals surface area contributed by atoms with Crippen molar-refractivity contribution in [3.05, 3.63) is 149 Å². The van der Waals surface area contributed by atoms with E-state index in [4.69, 9.17) is 5.41 Å². The van der Waals surface area contributed by atoms with E-state index < -0.39 is 0 Å². The molecule has 0 amide bonds. The van der Waals surface area contributed by atoms with Gasteiger partial charge in [0.25, 0.3) is 0 Å². The van der Waals surface area contributed by atoms with Crippen molar-refractivity contribution in [1.29, 1.82) is 5.41 Å². The van der Waals surface area contributed by atoms with Crippen LogP contribution in [0.4, 0.5) is 11.4 Å². The Morgan fingerprint density at radius 3 is 2.12 bits per heavy atom. The minimum absolute atomic E-state index is 0.138. The maximum atomic E-state index is 13.1. The summed E-state index contributed by atoms with van der Waals surface area (Å²) in [5, 5.41) is 8.41. The maximum absolute atomic E-state index is 13.1. The molecule has 0 atom stereocenters. The van der Waals surface area contributed by atoms with E-state index in [-0.39, 0.29) is 11.5 Å². The van der Waals surface area contributed by atoms with Gasteiger partial charge in [0.1, 0.15) is 0 Å². The van der Waals surface area contributed by atoms with E-state index in [1.165, 1.54) is 27.8 Å². The molecule has 3 aromatic rings. The molecule has 0 bridgehead atoms. The summed E-state index contributed by atoms with van der Waals surface area (Å²) in [5.74, 6) is 0.481. The van der Waals surface area contributed by atoms with Gasteiger partial charge in [-0.2, -0.15) is 0 Å². The summed E-state index contributed by atoms with van der Waals surface area (Å²) in [4.78, 5) is 16.4. The number of ketones is 1. The number of aryl methyl sites for hydroxylation is 2. The van der Waals surface area contributed by atoms with Crippen LogP contribution in [-0.4, -0.2) is 17.2 Å². The number of hydrogen-bond donors (Lipinski definition) is 1. The normalized spacial score (nSPS) is 13.7. The summed E-state index contributed by atoms with van der Waals surface area (Å²) >= 11 is 1.67.